The molecule has 0 saturated carbocycles. The Labute approximate surface area is 154 Å². The van der Waals surface area contributed by atoms with Crippen LogP contribution in [-0.2, 0) is 27.9 Å². The fourth-order valence-corrected chi connectivity index (χ4v) is 4.25. The van der Waals surface area contributed by atoms with Crippen LogP contribution in [0.3, 0.4) is 0 Å². The van der Waals surface area contributed by atoms with Crippen molar-refractivity contribution in [2.45, 2.75) is 44.7 Å². The molecule has 2 heterocycles. The molecule has 2 aromatic rings. The van der Waals surface area contributed by atoms with E-state index in [-0.39, 0.29) is 17.3 Å². The van der Waals surface area contributed by atoms with E-state index in [9.17, 15) is 13.2 Å². The molecule has 1 aromatic heterocycles. The summed E-state index contributed by atoms with van der Waals surface area (Å²) in [6.45, 7) is 5.56. The Hall–Kier alpha value is -2.19. The third-order valence-electron chi connectivity index (χ3n) is 4.70. The quantitative estimate of drug-likeness (QED) is 0.774. The minimum atomic E-state index is -3.61. The van der Waals surface area contributed by atoms with Crippen LogP contribution in [0, 0.1) is 6.92 Å². The molecule has 7 nitrogen and oxygen atoms in total. The second-order valence-electron chi connectivity index (χ2n) is 6.50. The summed E-state index contributed by atoms with van der Waals surface area (Å²) >= 11 is 0. The van der Waals surface area contributed by atoms with Crippen LogP contribution in [0.4, 0.5) is 5.69 Å². The molecule has 140 valence electrons. The first-order chi connectivity index (χ1) is 12.3. The minimum absolute atomic E-state index is 0.0844. The van der Waals surface area contributed by atoms with Gasteiger partial charge >= 0.3 is 0 Å². The first-order valence-electron chi connectivity index (χ1n) is 8.72. The number of hydrogen-bond donors (Lipinski definition) is 0. The molecule has 3 rings (SSSR count). The van der Waals surface area contributed by atoms with Crippen molar-refractivity contribution >= 4 is 21.6 Å². The number of benzene rings is 1. The molecule has 1 aliphatic heterocycles. The standard InChI is InChI=1S/C18H24N4O3S/c1-4-21-13-15(14(2)19-21)12-20(3)26(24,25)17-9-7-16(8-10-17)22-11-5-6-18(22)23/h7-10,13H,4-6,11-12H2,1-3H3. The summed E-state index contributed by atoms with van der Waals surface area (Å²) in [7, 11) is -2.05. The minimum Gasteiger partial charge on any atom is -0.312 e. The van der Waals surface area contributed by atoms with Crippen LogP contribution in [0.1, 0.15) is 31.0 Å². The molecule has 0 N–H and O–H groups in total. The molecule has 1 aliphatic rings. The SMILES string of the molecule is CCn1cc(CN(C)S(=O)(=O)c2ccc(N3CCCC3=O)cc2)c(C)n1. The highest BCUT2D eigenvalue weighted by atomic mass is 32.2. The second-order valence-corrected chi connectivity index (χ2v) is 8.54. The van der Waals surface area contributed by atoms with Crippen LogP contribution in [0.25, 0.3) is 0 Å². The number of aryl methyl sites for hydroxylation is 2. The van der Waals surface area contributed by atoms with Gasteiger partial charge in [-0.2, -0.15) is 9.40 Å². The van der Waals surface area contributed by atoms with E-state index in [0.717, 1.165) is 29.9 Å². The highest BCUT2D eigenvalue weighted by molar-refractivity contribution is 7.89. The maximum Gasteiger partial charge on any atom is 0.243 e. The molecule has 1 fully saturated rings. The average Bonchev–Trinajstić information content (AvgIpc) is 3.20. The van der Waals surface area contributed by atoms with Crippen molar-refractivity contribution in [1.82, 2.24) is 14.1 Å². The van der Waals surface area contributed by atoms with Crippen molar-refractivity contribution in [3.63, 3.8) is 0 Å². The zero-order valence-electron chi connectivity index (χ0n) is 15.3. The molecule has 0 spiro atoms. The van der Waals surface area contributed by atoms with Crippen LogP contribution in [0.15, 0.2) is 35.4 Å². The van der Waals surface area contributed by atoms with Gasteiger partial charge in [0.05, 0.1) is 10.6 Å². The van der Waals surface area contributed by atoms with E-state index < -0.39 is 10.0 Å². The number of nitrogens with zero attached hydrogens (tertiary/aromatic N) is 4. The smallest absolute Gasteiger partial charge is 0.243 e. The molecule has 0 radical (unpaired) electrons. The molecular weight excluding hydrogens is 352 g/mol. The van der Waals surface area contributed by atoms with E-state index in [2.05, 4.69) is 5.10 Å². The molecule has 0 aliphatic carbocycles. The predicted octanol–water partition coefficient (Wildman–Crippen LogP) is 2.16. The number of anilines is 1. The zero-order valence-corrected chi connectivity index (χ0v) is 16.2. The molecule has 26 heavy (non-hydrogen) atoms. The average molecular weight is 376 g/mol. The van der Waals surface area contributed by atoms with Crippen molar-refractivity contribution in [3.05, 3.63) is 41.7 Å². The molecule has 8 heteroatoms. The molecule has 1 amide bonds. The van der Waals surface area contributed by atoms with Gasteiger partial charge in [0.1, 0.15) is 0 Å². The monoisotopic (exact) mass is 376 g/mol. The Morgan fingerprint density at radius 3 is 2.46 bits per heavy atom. The Kier molecular flexibility index (Phi) is 5.15. The lowest BCUT2D eigenvalue weighted by Crippen LogP contribution is -2.27. The molecule has 1 saturated heterocycles. The predicted molar refractivity (Wildman–Crippen MR) is 99.3 cm³/mol. The van der Waals surface area contributed by atoms with E-state index >= 15 is 0 Å². The van der Waals surface area contributed by atoms with Gasteiger partial charge in [-0.3, -0.25) is 9.48 Å². The first-order valence-corrected chi connectivity index (χ1v) is 10.2. The van der Waals surface area contributed by atoms with Gasteiger partial charge < -0.3 is 4.90 Å². The Morgan fingerprint density at radius 1 is 1.23 bits per heavy atom. The summed E-state index contributed by atoms with van der Waals surface area (Å²) in [5.41, 5.74) is 2.46. The fourth-order valence-electron chi connectivity index (χ4n) is 3.10. The van der Waals surface area contributed by atoms with E-state index in [4.69, 9.17) is 0 Å². The summed E-state index contributed by atoms with van der Waals surface area (Å²) in [6, 6.07) is 6.53. The van der Waals surface area contributed by atoms with E-state index in [0.29, 0.717) is 13.0 Å². The summed E-state index contributed by atoms with van der Waals surface area (Å²) in [6.07, 6.45) is 3.27. The number of sulfonamides is 1. The summed E-state index contributed by atoms with van der Waals surface area (Å²) in [5, 5.41) is 4.36. The second kappa shape index (κ2) is 7.20. The van der Waals surface area contributed by atoms with Gasteiger partial charge in [0, 0.05) is 50.6 Å². The number of hydrogen-bond acceptors (Lipinski definition) is 4. The zero-order chi connectivity index (χ0) is 18.9. The maximum atomic E-state index is 12.8. The van der Waals surface area contributed by atoms with E-state index in [1.165, 1.54) is 4.31 Å². The van der Waals surface area contributed by atoms with E-state index in [1.54, 1.807) is 40.9 Å². The molecular formula is C18H24N4O3S. The van der Waals surface area contributed by atoms with Crippen molar-refractivity contribution in [1.29, 1.82) is 0 Å². The highest BCUT2D eigenvalue weighted by Gasteiger charge is 2.25. The van der Waals surface area contributed by atoms with Crippen LogP contribution in [-0.4, -0.2) is 42.0 Å². The highest BCUT2D eigenvalue weighted by Crippen LogP contribution is 2.24. The summed E-state index contributed by atoms with van der Waals surface area (Å²) in [5.74, 6) is 0.0844. The van der Waals surface area contributed by atoms with Gasteiger partial charge in [0.2, 0.25) is 15.9 Å². The lowest BCUT2D eigenvalue weighted by atomic mass is 10.3. The van der Waals surface area contributed by atoms with Gasteiger partial charge in [-0.1, -0.05) is 0 Å². The number of rotatable bonds is 6. The maximum absolute atomic E-state index is 12.8. The Morgan fingerprint density at radius 2 is 1.92 bits per heavy atom. The molecule has 1 aromatic carbocycles. The summed E-state index contributed by atoms with van der Waals surface area (Å²) < 4.78 is 28.8. The van der Waals surface area contributed by atoms with Gasteiger partial charge in [-0.25, -0.2) is 8.42 Å². The van der Waals surface area contributed by atoms with Gasteiger partial charge in [0.15, 0.2) is 0 Å². The molecule has 0 unspecified atom stereocenters. The van der Waals surface area contributed by atoms with Gasteiger partial charge in [0.25, 0.3) is 0 Å². The topological polar surface area (TPSA) is 75.5 Å². The van der Waals surface area contributed by atoms with E-state index in [1.807, 2.05) is 20.0 Å². The molecule has 0 bridgehead atoms. The van der Waals surface area contributed by atoms with Crippen LogP contribution < -0.4 is 4.90 Å². The van der Waals surface area contributed by atoms with Crippen LogP contribution >= 0.6 is 0 Å². The van der Waals surface area contributed by atoms with Crippen molar-refractivity contribution in [3.8, 4) is 0 Å². The molecule has 0 atom stereocenters. The Bertz CT molecular complexity index is 903. The number of carbonyl (C=O) groups is 1. The third-order valence-corrected chi connectivity index (χ3v) is 6.51. The summed E-state index contributed by atoms with van der Waals surface area (Å²) in [4.78, 5) is 13.7. The van der Waals surface area contributed by atoms with Crippen molar-refractivity contribution in [2.24, 2.45) is 0 Å². The van der Waals surface area contributed by atoms with Crippen molar-refractivity contribution < 1.29 is 13.2 Å². The van der Waals surface area contributed by atoms with Crippen LogP contribution in [0.5, 0.6) is 0 Å². The first kappa shape index (κ1) is 18.6. The van der Waals surface area contributed by atoms with Crippen molar-refractivity contribution in [2.75, 3.05) is 18.5 Å². The Balaban J connectivity index is 1.78. The normalized spacial score (nSPS) is 15.2. The fraction of sp³-hybridized carbons (Fsp3) is 0.444. The van der Waals surface area contributed by atoms with Gasteiger partial charge in [-0.05, 0) is 44.5 Å². The largest absolute Gasteiger partial charge is 0.312 e. The number of amides is 1. The number of carbonyl (C=O) groups excluding carboxylic acids is 1. The van der Waals surface area contributed by atoms with Gasteiger partial charge in [-0.15, -0.1) is 0 Å². The number of aromatic nitrogens is 2. The lowest BCUT2D eigenvalue weighted by Gasteiger charge is -2.19. The lowest BCUT2D eigenvalue weighted by molar-refractivity contribution is -0.117. The van der Waals surface area contributed by atoms with Crippen LogP contribution in [0.2, 0.25) is 0 Å². The third kappa shape index (κ3) is 3.52.